The third-order valence-electron chi connectivity index (χ3n) is 1.97. The summed E-state index contributed by atoms with van der Waals surface area (Å²) in [5.41, 5.74) is -0.595. The number of rotatable bonds is 0. The van der Waals surface area contributed by atoms with Gasteiger partial charge in [0.2, 0.25) is 0 Å². The Bertz CT molecular complexity index is 210. The molecule has 2 amide bonds. The average Bonchev–Trinajstić information content (AvgIpc) is 1.95. The molecule has 1 fully saturated rings. The summed E-state index contributed by atoms with van der Waals surface area (Å²) in [5.74, 6) is -1.01. The van der Waals surface area contributed by atoms with Crippen molar-refractivity contribution in [3.8, 4) is 0 Å². The van der Waals surface area contributed by atoms with Gasteiger partial charge in [-0.1, -0.05) is 13.8 Å². The van der Waals surface area contributed by atoms with Gasteiger partial charge in [0.05, 0.1) is 0 Å². The first-order valence-electron chi connectivity index (χ1n) is 3.51. The first-order chi connectivity index (χ1) is 4.95. The normalized spacial score (nSPS) is 24.1. The lowest BCUT2D eigenvalue weighted by Gasteiger charge is -2.31. The number of carbonyl (C=O) groups is 2. The molecule has 4 heteroatoms. The largest absolute Gasteiger partial charge is 0.278 e. The van der Waals surface area contributed by atoms with Gasteiger partial charge in [0.15, 0.2) is 0 Å². The third-order valence-corrected chi connectivity index (χ3v) is 1.97. The van der Waals surface area contributed by atoms with Crippen LogP contribution in [0.2, 0.25) is 0 Å². The number of hydroxylamine groups is 2. The van der Waals surface area contributed by atoms with Gasteiger partial charge in [0, 0.05) is 11.8 Å². The van der Waals surface area contributed by atoms with E-state index in [9.17, 15) is 9.59 Å². The van der Waals surface area contributed by atoms with Gasteiger partial charge in [-0.15, -0.1) is 0 Å². The van der Waals surface area contributed by atoms with Crippen LogP contribution in [0.1, 0.15) is 26.7 Å². The quantitative estimate of drug-likeness (QED) is 0.412. The van der Waals surface area contributed by atoms with Gasteiger partial charge in [-0.2, -0.15) is 5.06 Å². The maximum atomic E-state index is 11.1. The van der Waals surface area contributed by atoms with Crippen molar-refractivity contribution in [3.05, 3.63) is 0 Å². The summed E-state index contributed by atoms with van der Waals surface area (Å²) in [6, 6.07) is 0. The van der Waals surface area contributed by atoms with Crippen molar-refractivity contribution >= 4 is 11.8 Å². The van der Waals surface area contributed by atoms with E-state index in [1.165, 1.54) is 0 Å². The second-order valence-corrected chi connectivity index (χ2v) is 3.39. The molecule has 1 aliphatic rings. The van der Waals surface area contributed by atoms with E-state index in [4.69, 9.17) is 5.21 Å². The Hall–Kier alpha value is -0.900. The molecule has 0 spiro atoms. The molecule has 4 nitrogen and oxygen atoms in total. The van der Waals surface area contributed by atoms with Gasteiger partial charge >= 0.3 is 0 Å². The maximum absolute atomic E-state index is 11.1. The minimum atomic E-state index is -0.595. The first kappa shape index (κ1) is 8.20. The van der Waals surface area contributed by atoms with Crippen molar-refractivity contribution in [2.45, 2.75) is 26.7 Å². The van der Waals surface area contributed by atoms with Crippen LogP contribution in [0.3, 0.4) is 0 Å². The van der Waals surface area contributed by atoms with E-state index in [0.29, 0.717) is 6.42 Å². The number of piperidine rings is 1. The predicted octanol–water partition coefficient (Wildman–Crippen LogP) is 0.551. The molecule has 0 atom stereocenters. The van der Waals surface area contributed by atoms with Crippen molar-refractivity contribution in [3.63, 3.8) is 0 Å². The van der Waals surface area contributed by atoms with Crippen molar-refractivity contribution in [1.82, 2.24) is 5.06 Å². The van der Waals surface area contributed by atoms with E-state index in [-0.39, 0.29) is 11.5 Å². The van der Waals surface area contributed by atoms with Crippen LogP contribution in [-0.4, -0.2) is 22.1 Å². The summed E-state index contributed by atoms with van der Waals surface area (Å²) in [6.07, 6.45) is 0.761. The van der Waals surface area contributed by atoms with Crippen LogP contribution >= 0.6 is 0 Å². The summed E-state index contributed by atoms with van der Waals surface area (Å²) in [7, 11) is 0. The van der Waals surface area contributed by atoms with Crippen LogP contribution in [0.5, 0.6) is 0 Å². The van der Waals surface area contributed by atoms with Gasteiger partial charge in [-0.3, -0.25) is 14.8 Å². The molecule has 11 heavy (non-hydrogen) atoms. The molecule has 1 rings (SSSR count). The molecule has 0 unspecified atom stereocenters. The molecule has 0 bridgehead atoms. The van der Waals surface area contributed by atoms with Gasteiger partial charge in [-0.05, 0) is 6.42 Å². The summed E-state index contributed by atoms with van der Waals surface area (Å²) < 4.78 is 0. The molecule has 1 N–H and O–H groups in total. The van der Waals surface area contributed by atoms with Crippen molar-refractivity contribution in [2.24, 2.45) is 5.41 Å². The molecular formula is C7H11NO3. The molecule has 0 aromatic carbocycles. The second kappa shape index (κ2) is 2.30. The van der Waals surface area contributed by atoms with Gasteiger partial charge in [0.1, 0.15) is 0 Å². The smallest absolute Gasteiger partial charge is 0.258 e. The Labute approximate surface area is 64.8 Å². The van der Waals surface area contributed by atoms with E-state index in [1.54, 1.807) is 13.8 Å². The molecule has 0 radical (unpaired) electrons. The van der Waals surface area contributed by atoms with Gasteiger partial charge in [-0.25, -0.2) is 0 Å². The number of nitrogens with zero attached hydrogens (tertiary/aromatic N) is 1. The predicted molar refractivity (Wildman–Crippen MR) is 36.7 cm³/mol. The summed E-state index contributed by atoms with van der Waals surface area (Å²) >= 11 is 0. The number of imide groups is 1. The lowest BCUT2D eigenvalue weighted by atomic mass is 9.84. The lowest BCUT2D eigenvalue weighted by molar-refractivity contribution is -0.191. The monoisotopic (exact) mass is 157 g/mol. The highest BCUT2D eigenvalue weighted by Gasteiger charge is 2.39. The molecule has 1 saturated heterocycles. The standard InChI is InChI=1S/C7H11NO3/c1-7(2)4-3-5(9)8(11)6(7)10/h11H,3-4H2,1-2H3. The molecule has 62 valence electrons. The highest BCUT2D eigenvalue weighted by Crippen LogP contribution is 2.29. The Kier molecular flexibility index (Phi) is 1.72. The van der Waals surface area contributed by atoms with Gasteiger partial charge in [0.25, 0.3) is 11.8 Å². The van der Waals surface area contributed by atoms with E-state index >= 15 is 0 Å². The number of hydrogen-bond donors (Lipinski definition) is 1. The molecule has 0 saturated carbocycles. The Morgan fingerprint density at radius 2 is 2.00 bits per heavy atom. The molecule has 0 aromatic rings. The van der Waals surface area contributed by atoms with Crippen LogP contribution in [0.25, 0.3) is 0 Å². The van der Waals surface area contributed by atoms with Crippen LogP contribution in [0, 0.1) is 5.41 Å². The zero-order valence-electron chi connectivity index (χ0n) is 6.63. The number of carbonyl (C=O) groups excluding carboxylic acids is 2. The third kappa shape index (κ3) is 1.26. The Balaban J connectivity index is 2.84. The SMILES string of the molecule is CC1(C)CCC(=O)N(O)C1=O. The van der Waals surface area contributed by atoms with Crippen LogP contribution in [-0.2, 0) is 9.59 Å². The van der Waals surface area contributed by atoms with Crippen LogP contribution in [0.4, 0.5) is 0 Å². The number of hydrogen-bond acceptors (Lipinski definition) is 3. The zero-order chi connectivity index (χ0) is 8.65. The summed E-state index contributed by atoms with van der Waals surface area (Å²) in [4.78, 5) is 21.9. The fourth-order valence-corrected chi connectivity index (χ4v) is 1.03. The van der Waals surface area contributed by atoms with Gasteiger partial charge < -0.3 is 0 Å². The minimum Gasteiger partial charge on any atom is -0.278 e. The van der Waals surface area contributed by atoms with E-state index < -0.39 is 17.2 Å². The van der Waals surface area contributed by atoms with Crippen LogP contribution in [0.15, 0.2) is 0 Å². The molecular weight excluding hydrogens is 146 g/mol. The van der Waals surface area contributed by atoms with Crippen molar-refractivity contribution in [2.75, 3.05) is 0 Å². The Morgan fingerprint density at radius 1 is 1.45 bits per heavy atom. The molecule has 0 aliphatic carbocycles. The minimum absolute atomic E-state index is 0.226. The number of amides is 2. The van der Waals surface area contributed by atoms with Crippen molar-refractivity contribution in [1.29, 1.82) is 0 Å². The average molecular weight is 157 g/mol. The van der Waals surface area contributed by atoms with E-state index in [0.717, 1.165) is 0 Å². The Morgan fingerprint density at radius 3 is 2.45 bits per heavy atom. The van der Waals surface area contributed by atoms with E-state index in [1.807, 2.05) is 0 Å². The van der Waals surface area contributed by atoms with Crippen LogP contribution < -0.4 is 0 Å². The lowest BCUT2D eigenvalue weighted by Crippen LogP contribution is -2.47. The first-order valence-corrected chi connectivity index (χ1v) is 3.51. The van der Waals surface area contributed by atoms with E-state index in [2.05, 4.69) is 0 Å². The molecule has 0 aromatic heterocycles. The fourth-order valence-electron chi connectivity index (χ4n) is 1.03. The van der Waals surface area contributed by atoms with Crippen molar-refractivity contribution < 1.29 is 14.8 Å². The zero-order valence-corrected chi connectivity index (χ0v) is 6.63. The maximum Gasteiger partial charge on any atom is 0.258 e. The second-order valence-electron chi connectivity index (χ2n) is 3.39. The molecule has 1 heterocycles. The summed E-state index contributed by atoms with van der Waals surface area (Å²) in [5, 5.41) is 9.14. The topological polar surface area (TPSA) is 57.6 Å². The summed E-state index contributed by atoms with van der Waals surface area (Å²) in [6.45, 7) is 3.43. The molecule has 1 aliphatic heterocycles. The fraction of sp³-hybridized carbons (Fsp3) is 0.714. The highest BCUT2D eigenvalue weighted by molar-refractivity contribution is 5.98. The highest BCUT2D eigenvalue weighted by atomic mass is 16.5.